The summed E-state index contributed by atoms with van der Waals surface area (Å²) in [5.74, 6) is -0.702. The van der Waals surface area contributed by atoms with Crippen LogP contribution in [-0.4, -0.2) is 110 Å². The number of hydrogen-bond acceptors (Lipinski definition) is 10. The Balaban J connectivity index is 2.03. The zero-order valence-corrected chi connectivity index (χ0v) is 43.1. The first-order chi connectivity index (χ1) is 32.7. The van der Waals surface area contributed by atoms with Crippen LogP contribution in [0.25, 0.3) is 0 Å². The third kappa shape index (κ3) is 34.5. The van der Waals surface area contributed by atoms with E-state index in [9.17, 15) is 40.5 Å². The van der Waals surface area contributed by atoms with E-state index in [1.807, 2.05) is 0 Å². The fraction of sp³-hybridized carbons (Fsp3) is 0.911. The van der Waals surface area contributed by atoms with Gasteiger partial charge in [0.25, 0.3) is 0 Å². The second-order valence-corrected chi connectivity index (χ2v) is 20.0. The first-order valence-corrected chi connectivity index (χ1v) is 28.2. The van der Waals surface area contributed by atoms with Crippen molar-refractivity contribution in [1.82, 2.24) is 5.32 Å². The molecule has 0 aliphatic carbocycles. The quantitative estimate of drug-likeness (QED) is 0.0215. The van der Waals surface area contributed by atoms with Crippen LogP contribution in [0.3, 0.4) is 0 Å². The molecule has 11 heteroatoms. The van der Waals surface area contributed by atoms with Crippen LogP contribution in [0.1, 0.15) is 258 Å². The smallest absolute Gasteiger partial charge is 0.249 e. The number of carbonyl (C=O) groups excluding carboxylic acids is 1. The van der Waals surface area contributed by atoms with Gasteiger partial charge in [-0.2, -0.15) is 0 Å². The van der Waals surface area contributed by atoms with E-state index < -0.39 is 74.2 Å². The second kappa shape index (κ2) is 45.7. The van der Waals surface area contributed by atoms with Gasteiger partial charge in [0.2, 0.25) is 5.91 Å². The maximum atomic E-state index is 13.0. The van der Waals surface area contributed by atoms with E-state index in [1.165, 1.54) is 173 Å². The minimum Gasteiger partial charge on any atom is -0.394 e. The lowest BCUT2D eigenvalue weighted by Crippen LogP contribution is -2.60. The van der Waals surface area contributed by atoms with Crippen molar-refractivity contribution >= 4 is 5.91 Å². The summed E-state index contributed by atoms with van der Waals surface area (Å²) in [6.07, 6.45) is 43.7. The lowest BCUT2D eigenvalue weighted by atomic mass is 9.98. The molecule has 396 valence electrons. The molecule has 0 saturated carbocycles. The number of carbonyl (C=O) groups is 1. The molecule has 1 saturated heterocycles. The van der Waals surface area contributed by atoms with Gasteiger partial charge in [0.1, 0.15) is 36.6 Å². The van der Waals surface area contributed by atoms with Crippen molar-refractivity contribution in [3.8, 4) is 0 Å². The molecule has 11 nitrogen and oxygen atoms in total. The standard InChI is InChI=1S/C56H107NO10/c1-3-5-7-9-10-11-12-13-14-15-16-17-18-19-20-21-22-23-24-25-26-27-28-29-30-31-32-33-34-35-36-37-38-39-40-42-44-49(60)55(65)57-47(51(61)48(59)43-41-8-6-4-2)46-66-56-54(64)53(63)52(62)50(45-58)67-56/h20-21,23-24,47-54,56,58-64H,3-19,22,25-46H2,1-2H3,(H,57,65)/b21-20-,24-23-. The molecule has 9 atom stereocenters. The van der Waals surface area contributed by atoms with Crippen molar-refractivity contribution in [3.63, 3.8) is 0 Å². The highest BCUT2D eigenvalue weighted by molar-refractivity contribution is 5.80. The minimum atomic E-state index is -1.66. The average Bonchev–Trinajstić information content (AvgIpc) is 3.33. The van der Waals surface area contributed by atoms with Crippen molar-refractivity contribution < 1.29 is 50.0 Å². The third-order valence-electron chi connectivity index (χ3n) is 13.8. The van der Waals surface area contributed by atoms with Crippen LogP contribution in [-0.2, 0) is 14.3 Å². The van der Waals surface area contributed by atoms with E-state index in [0.29, 0.717) is 19.3 Å². The van der Waals surface area contributed by atoms with E-state index in [0.717, 1.165) is 44.9 Å². The molecule has 1 aliphatic heterocycles. The van der Waals surface area contributed by atoms with Gasteiger partial charge >= 0.3 is 0 Å². The topological polar surface area (TPSA) is 189 Å². The number of amides is 1. The molecule has 1 fully saturated rings. The molecule has 9 unspecified atom stereocenters. The van der Waals surface area contributed by atoms with E-state index in [1.54, 1.807) is 0 Å². The highest BCUT2D eigenvalue weighted by Gasteiger charge is 2.44. The van der Waals surface area contributed by atoms with Crippen LogP contribution in [0.2, 0.25) is 0 Å². The molecule has 0 spiro atoms. The van der Waals surface area contributed by atoms with Gasteiger partial charge in [-0.05, 0) is 44.9 Å². The average molecular weight is 954 g/mol. The van der Waals surface area contributed by atoms with Gasteiger partial charge in [-0.3, -0.25) is 4.79 Å². The number of rotatable bonds is 48. The predicted molar refractivity (Wildman–Crippen MR) is 275 cm³/mol. The Morgan fingerprint density at radius 3 is 1.34 bits per heavy atom. The SMILES string of the molecule is CCCCCCCCCCCCCCC/C=C\C/C=C\CCCCCCCCCCCCCCCCCCC(O)C(=O)NC(COC1OC(CO)C(O)C(O)C1O)C(O)C(O)CCCCCC. The molecule has 67 heavy (non-hydrogen) atoms. The van der Waals surface area contributed by atoms with Crippen LogP contribution >= 0.6 is 0 Å². The lowest BCUT2D eigenvalue weighted by molar-refractivity contribution is -0.303. The van der Waals surface area contributed by atoms with Gasteiger partial charge in [0, 0.05) is 0 Å². The number of hydrogen-bond donors (Lipinski definition) is 8. The van der Waals surface area contributed by atoms with Crippen LogP contribution < -0.4 is 5.32 Å². The van der Waals surface area contributed by atoms with Crippen molar-refractivity contribution in [2.45, 2.75) is 313 Å². The van der Waals surface area contributed by atoms with Crippen molar-refractivity contribution in [2.24, 2.45) is 0 Å². The van der Waals surface area contributed by atoms with Crippen molar-refractivity contribution in [3.05, 3.63) is 24.3 Å². The summed E-state index contributed by atoms with van der Waals surface area (Å²) in [6.45, 7) is 3.31. The van der Waals surface area contributed by atoms with Gasteiger partial charge in [0.05, 0.1) is 25.4 Å². The fourth-order valence-electron chi connectivity index (χ4n) is 9.12. The molecule has 0 aromatic heterocycles. The highest BCUT2D eigenvalue weighted by atomic mass is 16.7. The fourth-order valence-corrected chi connectivity index (χ4v) is 9.12. The molecule has 0 aromatic carbocycles. The van der Waals surface area contributed by atoms with Crippen LogP contribution in [0.5, 0.6) is 0 Å². The maximum absolute atomic E-state index is 13.0. The van der Waals surface area contributed by atoms with Crippen LogP contribution in [0, 0.1) is 0 Å². The van der Waals surface area contributed by atoms with Crippen LogP contribution in [0.4, 0.5) is 0 Å². The zero-order chi connectivity index (χ0) is 49.0. The maximum Gasteiger partial charge on any atom is 0.249 e. The van der Waals surface area contributed by atoms with E-state index in [2.05, 4.69) is 43.5 Å². The Morgan fingerprint density at radius 1 is 0.522 bits per heavy atom. The molecule has 1 heterocycles. The third-order valence-corrected chi connectivity index (χ3v) is 13.8. The number of unbranched alkanes of at least 4 members (excludes halogenated alkanes) is 32. The van der Waals surface area contributed by atoms with Gasteiger partial charge < -0.3 is 50.5 Å². The molecule has 1 aliphatic rings. The van der Waals surface area contributed by atoms with Gasteiger partial charge in [-0.25, -0.2) is 0 Å². The lowest BCUT2D eigenvalue weighted by Gasteiger charge is -2.40. The van der Waals surface area contributed by atoms with Gasteiger partial charge in [-0.1, -0.05) is 237 Å². The summed E-state index contributed by atoms with van der Waals surface area (Å²) in [5.41, 5.74) is 0. The van der Waals surface area contributed by atoms with E-state index >= 15 is 0 Å². The Bertz CT molecular complexity index is 1140. The molecule has 0 bridgehead atoms. The number of aliphatic hydroxyl groups is 7. The summed E-state index contributed by atoms with van der Waals surface area (Å²) >= 11 is 0. The highest BCUT2D eigenvalue weighted by Crippen LogP contribution is 2.23. The summed E-state index contributed by atoms with van der Waals surface area (Å²) in [4.78, 5) is 13.0. The van der Waals surface area contributed by atoms with Crippen molar-refractivity contribution in [2.75, 3.05) is 13.2 Å². The Hall–Kier alpha value is -1.41. The second-order valence-electron chi connectivity index (χ2n) is 20.0. The molecular weight excluding hydrogens is 847 g/mol. The summed E-state index contributed by atoms with van der Waals surface area (Å²) in [7, 11) is 0. The predicted octanol–water partition coefficient (Wildman–Crippen LogP) is 11.3. The van der Waals surface area contributed by atoms with Crippen LogP contribution in [0.15, 0.2) is 24.3 Å². The van der Waals surface area contributed by atoms with E-state index in [-0.39, 0.29) is 6.42 Å². The first kappa shape index (κ1) is 63.6. The molecular formula is C56H107NO10. The van der Waals surface area contributed by atoms with Gasteiger partial charge in [0.15, 0.2) is 6.29 Å². The molecule has 1 rings (SSSR count). The monoisotopic (exact) mass is 954 g/mol. The summed E-state index contributed by atoms with van der Waals surface area (Å²) in [6, 6.07) is -1.16. The number of aliphatic hydroxyl groups excluding tert-OH is 7. The summed E-state index contributed by atoms with van der Waals surface area (Å²) in [5, 5.41) is 75.0. The minimum absolute atomic E-state index is 0.261. The Kier molecular flexibility index (Phi) is 43.4. The van der Waals surface area contributed by atoms with E-state index in [4.69, 9.17) is 9.47 Å². The van der Waals surface area contributed by atoms with Gasteiger partial charge in [-0.15, -0.1) is 0 Å². The number of nitrogens with one attached hydrogen (secondary N) is 1. The number of ether oxygens (including phenoxy) is 2. The summed E-state index contributed by atoms with van der Waals surface area (Å²) < 4.78 is 11.0. The molecule has 8 N–H and O–H groups in total. The molecule has 0 aromatic rings. The molecule has 0 radical (unpaired) electrons. The Labute approximate surface area is 410 Å². The molecule has 1 amide bonds. The number of allylic oxidation sites excluding steroid dienone is 4. The zero-order valence-electron chi connectivity index (χ0n) is 43.1. The normalized spacial score (nSPS) is 20.8. The first-order valence-electron chi connectivity index (χ1n) is 28.2. The Morgan fingerprint density at radius 2 is 0.910 bits per heavy atom. The van der Waals surface area contributed by atoms with Crippen molar-refractivity contribution in [1.29, 1.82) is 0 Å². The largest absolute Gasteiger partial charge is 0.394 e.